The number of aryl methyl sites for hydroxylation is 1. The van der Waals surface area contributed by atoms with Gasteiger partial charge >= 0.3 is 5.97 Å². The van der Waals surface area contributed by atoms with E-state index in [0.29, 0.717) is 33.5 Å². The minimum absolute atomic E-state index is 0.344. The van der Waals surface area contributed by atoms with Crippen LogP contribution in [0.5, 0.6) is 0 Å². The highest BCUT2D eigenvalue weighted by molar-refractivity contribution is 7.17. The number of esters is 1. The molecular formula is C23H24N2O4S. The second-order valence-corrected chi connectivity index (χ2v) is 8.60. The lowest BCUT2D eigenvalue weighted by Crippen LogP contribution is -2.17. The minimum Gasteiger partial charge on any atom is -0.465 e. The van der Waals surface area contributed by atoms with Crippen LogP contribution in [0.25, 0.3) is 11.3 Å². The third-order valence-corrected chi connectivity index (χ3v) is 6.87. The molecular weight excluding hydrogens is 400 g/mol. The molecule has 4 rings (SSSR count). The fraction of sp³-hybridized carbons (Fsp3) is 0.348. The molecule has 0 unspecified atom stereocenters. The van der Waals surface area contributed by atoms with E-state index in [-0.39, 0.29) is 5.91 Å². The zero-order chi connectivity index (χ0) is 21.3. The summed E-state index contributed by atoms with van der Waals surface area (Å²) < 4.78 is 10.3. The van der Waals surface area contributed by atoms with E-state index < -0.39 is 5.97 Å². The molecule has 1 aliphatic rings. The van der Waals surface area contributed by atoms with Crippen molar-refractivity contribution in [2.75, 3.05) is 12.4 Å². The summed E-state index contributed by atoms with van der Waals surface area (Å²) in [6.45, 7) is 3.90. The van der Waals surface area contributed by atoms with E-state index in [1.807, 2.05) is 30.3 Å². The first kappa shape index (κ1) is 20.3. The van der Waals surface area contributed by atoms with Crippen molar-refractivity contribution in [2.24, 2.45) is 5.92 Å². The summed E-state index contributed by atoms with van der Waals surface area (Å²) in [5.74, 6) is 0.278. The van der Waals surface area contributed by atoms with Crippen LogP contribution in [0.2, 0.25) is 0 Å². The summed E-state index contributed by atoms with van der Waals surface area (Å²) in [5, 5.41) is 7.57. The van der Waals surface area contributed by atoms with Gasteiger partial charge in [-0.2, -0.15) is 0 Å². The average Bonchev–Trinajstić information content (AvgIpc) is 3.33. The van der Waals surface area contributed by atoms with Crippen molar-refractivity contribution in [3.63, 3.8) is 0 Å². The van der Waals surface area contributed by atoms with Crippen LogP contribution in [0.1, 0.15) is 56.7 Å². The Morgan fingerprint density at radius 2 is 2.03 bits per heavy atom. The van der Waals surface area contributed by atoms with Crippen LogP contribution >= 0.6 is 11.3 Å². The lowest BCUT2D eigenvalue weighted by molar-refractivity contribution is 0.0601. The maximum atomic E-state index is 13.2. The first-order valence-electron chi connectivity index (χ1n) is 10.1. The van der Waals surface area contributed by atoms with Crippen molar-refractivity contribution < 1.29 is 18.8 Å². The molecule has 3 aromatic rings. The zero-order valence-electron chi connectivity index (χ0n) is 17.3. The van der Waals surface area contributed by atoms with Crippen molar-refractivity contribution in [2.45, 2.75) is 39.5 Å². The number of fused-ring (bicyclic) bond motifs is 1. The van der Waals surface area contributed by atoms with Gasteiger partial charge in [0.25, 0.3) is 5.91 Å². The number of thiophene rings is 1. The average molecular weight is 425 g/mol. The largest absolute Gasteiger partial charge is 0.465 e. The molecule has 0 saturated heterocycles. The van der Waals surface area contributed by atoms with E-state index >= 15 is 0 Å². The number of hydrogen-bond acceptors (Lipinski definition) is 6. The fourth-order valence-corrected chi connectivity index (χ4v) is 5.35. The molecule has 1 N–H and O–H groups in total. The molecule has 1 aromatic carbocycles. The highest BCUT2D eigenvalue weighted by Gasteiger charge is 2.31. The summed E-state index contributed by atoms with van der Waals surface area (Å²) in [7, 11) is 1.37. The Kier molecular flexibility index (Phi) is 5.72. The van der Waals surface area contributed by atoms with E-state index in [1.54, 1.807) is 6.92 Å². The Morgan fingerprint density at radius 1 is 1.27 bits per heavy atom. The number of methoxy groups -OCH3 is 1. The number of hydrogen-bond donors (Lipinski definition) is 1. The van der Waals surface area contributed by atoms with Crippen LogP contribution < -0.4 is 5.32 Å². The Balaban J connectivity index is 1.70. The zero-order valence-corrected chi connectivity index (χ0v) is 18.1. The molecule has 0 bridgehead atoms. The number of nitrogens with zero attached hydrogens (tertiary/aromatic N) is 1. The lowest BCUT2D eigenvalue weighted by atomic mass is 9.85. The molecule has 0 fully saturated rings. The van der Waals surface area contributed by atoms with Crippen LogP contribution in [-0.4, -0.2) is 24.1 Å². The van der Waals surface area contributed by atoms with Crippen molar-refractivity contribution in [3.8, 4) is 11.3 Å². The maximum absolute atomic E-state index is 13.2. The minimum atomic E-state index is -0.414. The number of rotatable bonds is 5. The number of aromatic nitrogens is 1. The van der Waals surface area contributed by atoms with Gasteiger partial charge in [-0.1, -0.05) is 48.8 Å². The number of benzene rings is 1. The van der Waals surface area contributed by atoms with Crippen molar-refractivity contribution in [3.05, 3.63) is 57.7 Å². The third kappa shape index (κ3) is 3.65. The van der Waals surface area contributed by atoms with Crippen LogP contribution in [0.3, 0.4) is 0 Å². The van der Waals surface area contributed by atoms with Gasteiger partial charge in [-0.3, -0.25) is 4.79 Å². The Morgan fingerprint density at radius 3 is 2.73 bits per heavy atom. The van der Waals surface area contributed by atoms with E-state index in [4.69, 9.17) is 9.26 Å². The Bertz CT molecular complexity index is 1080. The Hall–Kier alpha value is -2.93. The van der Waals surface area contributed by atoms with Gasteiger partial charge in [0.2, 0.25) is 0 Å². The third-order valence-electron chi connectivity index (χ3n) is 5.70. The topological polar surface area (TPSA) is 81.4 Å². The summed E-state index contributed by atoms with van der Waals surface area (Å²) in [6, 6.07) is 9.42. The molecule has 0 saturated carbocycles. The summed E-state index contributed by atoms with van der Waals surface area (Å²) >= 11 is 1.47. The first-order valence-corrected chi connectivity index (χ1v) is 10.9. The van der Waals surface area contributed by atoms with Crippen molar-refractivity contribution in [1.29, 1.82) is 0 Å². The van der Waals surface area contributed by atoms with Gasteiger partial charge in [-0.25, -0.2) is 4.79 Å². The molecule has 0 radical (unpaired) electrons. The first-order chi connectivity index (χ1) is 14.5. The number of ether oxygens (including phenoxy) is 1. The molecule has 2 heterocycles. The molecule has 6 nitrogen and oxygen atoms in total. The van der Waals surface area contributed by atoms with Gasteiger partial charge in [0.1, 0.15) is 22.0 Å². The molecule has 1 amide bonds. The van der Waals surface area contributed by atoms with Gasteiger partial charge in [-0.05, 0) is 37.7 Å². The smallest absolute Gasteiger partial charge is 0.341 e. The van der Waals surface area contributed by atoms with E-state index in [2.05, 4.69) is 17.4 Å². The summed E-state index contributed by atoms with van der Waals surface area (Å²) in [6.07, 6.45) is 3.90. The standard InChI is InChI=1S/C23H24N2O4S/c1-4-14-10-11-16-17(12-14)30-22(19(16)23(27)28-3)24-21(26)18-13(2)29-25-20(18)15-8-6-5-7-9-15/h5-9,14H,4,10-12H2,1-3H3,(H,24,26)/t14-/m1/s1. The number of anilines is 1. The highest BCUT2D eigenvalue weighted by atomic mass is 32.1. The van der Waals surface area contributed by atoms with Crippen LogP contribution in [0.4, 0.5) is 5.00 Å². The second-order valence-electron chi connectivity index (χ2n) is 7.50. The van der Waals surface area contributed by atoms with E-state index in [1.165, 1.54) is 18.4 Å². The molecule has 0 spiro atoms. The molecule has 0 aliphatic heterocycles. The van der Waals surface area contributed by atoms with Gasteiger partial charge in [0.15, 0.2) is 0 Å². The van der Waals surface area contributed by atoms with Gasteiger partial charge < -0.3 is 14.6 Å². The van der Waals surface area contributed by atoms with Crippen LogP contribution in [0.15, 0.2) is 34.9 Å². The summed E-state index contributed by atoms with van der Waals surface area (Å²) in [5.41, 5.74) is 3.14. The predicted molar refractivity (Wildman–Crippen MR) is 116 cm³/mol. The number of carbonyl (C=O) groups excluding carboxylic acids is 2. The number of amides is 1. The molecule has 1 atom stereocenters. The normalized spacial score (nSPS) is 15.5. The van der Waals surface area contributed by atoms with Gasteiger partial charge in [0.05, 0.1) is 12.7 Å². The second kappa shape index (κ2) is 8.44. The molecule has 7 heteroatoms. The quantitative estimate of drug-likeness (QED) is 0.565. The van der Waals surface area contributed by atoms with Gasteiger partial charge in [0, 0.05) is 10.4 Å². The van der Waals surface area contributed by atoms with E-state index in [9.17, 15) is 9.59 Å². The maximum Gasteiger partial charge on any atom is 0.341 e. The van der Waals surface area contributed by atoms with E-state index in [0.717, 1.165) is 41.7 Å². The molecule has 30 heavy (non-hydrogen) atoms. The highest BCUT2D eigenvalue weighted by Crippen LogP contribution is 2.41. The van der Waals surface area contributed by atoms with Crippen LogP contribution in [0, 0.1) is 12.8 Å². The number of nitrogens with one attached hydrogen (secondary N) is 1. The lowest BCUT2D eigenvalue weighted by Gasteiger charge is -2.20. The number of carbonyl (C=O) groups is 2. The summed E-state index contributed by atoms with van der Waals surface area (Å²) in [4.78, 5) is 26.9. The Labute approximate surface area is 179 Å². The van der Waals surface area contributed by atoms with Crippen molar-refractivity contribution >= 4 is 28.2 Å². The molecule has 156 valence electrons. The SMILES string of the molecule is CC[C@@H]1CCc2c(sc(NC(=O)c3c(-c4ccccc4)noc3C)c2C(=O)OC)C1. The molecule has 1 aliphatic carbocycles. The fourth-order valence-electron chi connectivity index (χ4n) is 4.01. The molecule has 2 aromatic heterocycles. The van der Waals surface area contributed by atoms with Crippen molar-refractivity contribution in [1.82, 2.24) is 5.16 Å². The van der Waals surface area contributed by atoms with Crippen LogP contribution in [-0.2, 0) is 17.6 Å². The van der Waals surface area contributed by atoms with Gasteiger partial charge in [-0.15, -0.1) is 11.3 Å². The predicted octanol–water partition coefficient (Wildman–Crippen LogP) is 5.27. The monoisotopic (exact) mass is 424 g/mol.